The fourth-order valence-corrected chi connectivity index (χ4v) is 6.51. The number of rotatable bonds is 12. The van der Waals surface area contributed by atoms with Crippen LogP contribution in [0.1, 0.15) is 73.1 Å². The summed E-state index contributed by atoms with van der Waals surface area (Å²) < 4.78 is 34.8. The van der Waals surface area contributed by atoms with Crippen molar-refractivity contribution in [2.45, 2.75) is 66.4 Å². The molecule has 0 fully saturated rings. The first-order valence-electron chi connectivity index (χ1n) is 14.6. The van der Waals surface area contributed by atoms with Gasteiger partial charge in [-0.2, -0.15) is 0 Å². The molecule has 0 spiro atoms. The highest BCUT2D eigenvalue weighted by Crippen LogP contribution is 2.35. The van der Waals surface area contributed by atoms with Crippen LogP contribution in [0.25, 0.3) is 0 Å². The predicted octanol–water partition coefficient (Wildman–Crippen LogP) is 6.46. The Balaban J connectivity index is 2.01. The van der Waals surface area contributed by atoms with Gasteiger partial charge in [-0.1, -0.05) is 76.6 Å². The van der Waals surface area contributed by atoms with E-state index in [1.54, 1.807) is 32.3 Å². The molecule has 0 bridgehead atoms. The molecule has 0 aliphatic heterocycles. The first kappa shape index (κ1) is 33.6. The zero-order valence-corrected chi connectivity index (χ0v) is 27.5. The summed E-state index contributed by atoms with van der Waals surface area (Å²) >= 11 is 0. The smallest absolute Gasteiger partial charge is 0.253 e. The third-order valence-corrected chi connectivity index (χ3v) is 9.00. The maximum atomic E-state index is 13.7. The normalized spacial score (nSPS) is 11.6. The van der Waals surface area contributed by atoms with Gasteiger partial charge in [-0.25, -0.2) is 8.42 Å². The van der Waals surface area contributed by atoms with Gasteiger partial charge in [0, 0.05) is 30.9 Å². The zero-order chi connectivity index (χ0) is 31.9. The van der Waals surface area contributed by atoms with Gasteiger partial charge in [-0.3, -0.25) is 13.9 Å². The first-order chi connectivity index (χ1) is 20.2. The van der Waals surface area contributed by atoms with Crippen molar-refractivity contribution in [2.24, 2.45) is 0 Å². The molecule has 0 atom stereocenters. The van der Waals surface area contributed by atoms with E-state index in [4.69, 9.17) is 4.74 Å². The van der Waals surface area contributed by atoms with Gasteiger partial charge in [0.05, 0.1) is 11.4 Å². The Labute approximate surface area is 257 Å². The van der Waals surface area contributed by atoms with Crippen molar-refractivity contribution in [1.29, 1.82) is 0 Å². The Morgan fingerprint density at radius 3 is 2.23 bits per heavy atom. The molecule has 0 saturated carbocycles. The second-order valence-electron chi connectivity index (χ2n) is 12.1. The predicted molar refractivity (Wildman–Crippen MR) is 175 cm³/mol. The van der Waals surface area contributed by atoms with Crippen LogP contribution in [-0.4, -0.2) is 51.5 Å². The Morgan fingerprint density at radius 1 is 0.953 bits per heavy atom. The molecule has 8 nitrogen and oxygen atoms in total. The molecule has 43 heavy (non-hydrogen) atoms. The van der Waals surface area contributed by atoms with Crippen molar-refractivity contribution < 1.29 is 22.7 Å². The molecule has 0 aliphatic rings. The Hall–Kier alpha value is -3.85. The van der Waals surface area contributed by atoms with Crippen molar-refractivity contribution >= 4 is 33.2 Å². The molecular formula is C34H45N3O5S. The van der Waals surface area contributed by atoms with Crippen molar-refractivity contribution in [2.75, 3.05) is 36.0 Å². The average Bonchev–Trinajstić information content (AvgIpc) is 2.94. The Bertz CT molecular complexity index is 1540. The van der Waals surface area contributed by atoms with Crippen LogP contribution in [0.15, 0.2) is 60.7 Å². The van der Waals surface area contributed by atoms with E-state index in [1.807, 2.05) is 84.0 Å². The number of hydrogen-bond donors (Lipinski definition) is 1. The number of carbonyl (C=O) groups excluding carboxylic acids is 2. The van der Waals surface area contributed by atoms with Crippen molar-refractivity contribution in [3.63, 3.8) is 0 Å². The largest absolute Gasteiger partial charge is 0.488 e. The zero-order valence-electron chi connectivity index (χ0n) is 26.7. The summed E-state index contributed by atoms with van der Waals surface area (Å²) in [6, 6.07) is 18.5. The molecule has 0 unspecified atom stereocenters. The van der Waals surface area contributed by atoms with Crippen LogP contribution in [-0.2, 0) is 26.8 Å². The Morgan fingerprint density at radius 2 is 1.63 bits per heavy atom. The highest BCUT2D eigenvalue weighted by atomic mass is 32.2. The number of ether oxygens (including phenoxy) is 1. The number of unbranched alkanes of at least 4 members (excludes halogenated alkanes) is 1. The lowest BCUT2D eigenvalue weighted by Gasteiger charge is -2.28. The van der Waals surface area contributed by atoms with E-state index in [-0.39, 0.29) is 17.1 Å². The highest BCUT2D eigenvalue weighted by molar-refractivity contribution is 7.92. The quantitative estimate of drug-likeness (QED) is 0.255. The number of sulfonamides is 1. The van der Waals surface area contributed by atoms with E-state index in [1.165, 1.54) is 9.21 Å². The van der Waals surface area contributed by atoms with Crippen LogP contribution in [0.4, 0.5) is 11.4 Å². The van der Waals surface area contributed by atoms with Crippen LogP contribution < -0.4 is 14.4 Å². The number of amides is 2. The summed E-state index contributed by atoms with van der Waals surface area (Å²) in [4.78, 5) is 27.8. The molecule has 0 heterocycles. The third-order valence-electron chi connectivity index (χ3n) is 7.20. The van der Waals surface area contributed by atoms with E-state index in [0.29, 0.717) is 47.7 Å². The summed E-state index contributed by atoms with van der Waals surface area (Å²) in [7, 11) is -0.528. The number of hydrogen-bond acceptors (Lipinski definition) is 5. The summed E-state index contributed by atoms with van der Waals surface area (Å²) in [5.41, 5.74) is 4.28. The highest BCUT2D eigenvalue weighted by Gasteiger charge is 2.29. The van der Waals surface area contributed by atoms with Crippen molar-refractivity contribution in [1.82, 2.24) is 4.90 Å². The molecule has 3 aromatic rings. The standard InChI is InChI=1S/C34H45N3O5S/c1-9-10-20-43(40,41)37(30-19-16-24(2)32(25(30)3)42-23-26-14-12-11-13-15-26)22-31(38)35-29-21-27(33(39)36(7)8)17-18-28(29)34(4,5)6/h11-19,21H,9-10,20,22-23H2,1-8H3,(H,35,38). The molecule has 3 rings (SSSR count). The number of carbonyl (C=O) groups is 2. The molecule has 1 N–H and O–H groups in total. The molecule has 0 saturated heterocycles. The molecule has 9 heteroatoms. The van der Waals surface area contributed by atoms with E-state index >= 15 is 0 Å². The second kappa shape index (κ2) is 14.1. The minimum absolute atomic E-state index is 0.0929. The molecule has 0 aliphatic carbocycles. The summed E-state index contributed by atoms with van der Waals surface area (Å²) in [5, 5.41) is 2.92. The van der Waals surface area contributed by atoms with Gasteiger partial charge in [-0.05, 0) is 60.6 Å². The minimum atomic E-state index is -3.86. The van der Waals surface area contributed by atoms with Gasteiger partial charge >= 0.3 is 0 Å². The van der Waals surface area contributed by atoms with Crippen LogP contribution in [0.5, 0.6) is 5.75 Å². The lowest BCUT2D eigenvalue weighted by Crippen LogP contribution is -2.40. The maximum Gasteiger partial charge on any atom is 0.253 e. The van der Waals surface area contributed by atoms with Crippen LogP contribution in [0.2, 0.25) is 0 Å². The summed E-state index contributed by atoms with van der Waals surface area (Å²) in [5.74, 6) is -0.211. The van der Waals surface area contributed by atoms with E-state index in [9.17, 15) is 18.0 Å². The lowest BCUT2D eigenvalue weighted by molar-refractivity contribution is -0.114. The maximum absolute atomic E-state index is 13.7. The van der Waals surface area contributed by atoms with Gasteiger partial charge in [0.1, 0.15) is 18.9 Å². The topological polar surface area (TPSA) is 96.0 Å². The number of anilines is 2. The molecule has 0 radical (unpaired) electrons. The van der Waals surface area contributed by atoms with E-state index < -0.39 is 22.5 Å². The van der Waals surface area contributed by atoms with Gasteiger partial charge < -0.3 is 15.0 Å². The second-order valence-corrected chi connectivity index (χ2v) is 14.1. The third kappa shape index (κ3) is 8.60. The summed E-state index contributed by atoms with van der Waals surface area (Å²) in [6.07, 6.45) is 1.16. The number of nitrogens with zero attached hydrogens (tertiary/aromatic N) is 2. The fraction of sp³-hybridized carbons (Fsp3) is 0.412. The molecule has 2 amide bonds. The van der Waals surface area contributed by atoms with Crippen LogP contribution in [0, 0.1) is 13.8 Å². The van der Waals surface area contributed by atoms with Crippen LogP contribution in [0.3, 0.4) is 0 Å². The van der Waals surface area contributed by atoms with Gasteiger partial charge in [-0.15, -0.1) is 0 Å². The van der Waals surface area contributed by atoms with E-state index in [0.717, 1.165) is 16.7 Å². The number of nitrogens with one attached hydrogen (secondary N) is 1. The van der Waals surface area contributed by atoms with Crippen molar-refractivity contribution in [3.05, 3.63) is 88.5 Å². The minimum Gasteiger partial charge on any atom is -0.488 e. The SMILES string of the molecule is CCCCS(=O)(=O)N(CC(=O)Nc1cc(C(=O)N(C)C)ccc1C(C)(C)C)c1ccc(C)c(OCc2ccccc2)c1C. The Kier molecular flexibility index (Phi) is 11.0. The summed E-state index contributed by atoms with van der Waals surface area (Å²) in [6.45, 7) is 11.6. The molecule has 3 aromatic carbocycles. The van der Waals surface area contributed by atoms with Gasteiger partial charge in [0.2, 0.25) is 15.9 Å². The number of benzene rings is 3. The molecule has 232 valence electrons. The fourth-order valence-electron chi connectivity index (χ4n) is 4.82. The van der Waals surface area contributed by atoms with Gasteiger partial charge in [0.15, 0.2) is 0 Å². The molecular weight excluding hydrogens is 562 g/mol. The number of aryl methyl sites for hydroxylation is 1. The molecule has 0 aromatic heterocycles. The first-order valence-corrected chi connectivity index (χ1v) is 16.2. The van der Waals surface area contributed by atoms with Crippen molar-refractivity contribution in [3.8, 4) is 5.75 Å². The van der Waals surface area contributed by atoms with E-state index in [2.05, 4.69) is 5.32 Å². The van der Waals surface area contributed by atoms with Crippen LogP contribution >= 0.6 is 0 Å². The van der Waals surface area contributed by atoms with Gasteiger partial charge in [0.25, 0.3) is 5.91 Å². The average molecular weight is 608 g/mol. The lowest BCUT2D eigenvalue weighted by atomic mass is 9.85. The monoisotopic (exact) mass is 607 g/mol.